The molecule has 1 saturated heterocycles. The van der Waals surface area contributed by atoms with E-state index in [9.17, 15) is 19.7 Å². The van der Waals surface area contributed by atoms with Crippen molar-refractivity contribution in [3.8, 4) is 5.75 Å². The number of hydrogen-bond acceptors (Lipinski definition) is 7. The smallest absolute Gasteiger partial charge is 0.410 e. The third kappa shape index (κ3) is 5.83. The highest BCUT2D eigenvalue weighted by atomic mass is 16.6. The summed E-state index contributed by atoms with van der Waals surface area (Å²) in [5, 5.41) is 10.9. The Morgan fingerprint density at radius 1 is 1.25 bits per heavy atom. The number of hydrogen-bond donors (Lipinski definition) is 0. The van der Waals surface area contributed by atoms with Gasteiger partial charge in [-0.25, -0.2) is 4.79 Å². The molecule has 0 aromatic heterocycles. The van der Waals surface area contributed by atoms with Crippen molar-refractivity contribution in [1.82, 2.24) is 4.90 Å². The van der Waals surface area contributed by atoms with Gasteiger partial charge in [-0.3, -0.25) is 14.9 Å². The van der Waals surface area contributed by atoms with E-state index in [1.54, 1.807) is 25.7 Å². The monoisotopic (exact) mass is 394 g/mol. The number of carbonyl (C=O) groups is 2. The Balaban J connectivity index is 1.89. The van der Waals surface area contributed by atoms with Crippen LogP contribution in [0.3, 0.4) is 0 Å². The quantitative estimate of drug-likeness (QED) is 0.428. The largest absolute Gasteiger partial charge is 0.496 e. The summed E-state index contributed by atoms with van der Waals surface area (Å²) < 4.78 is 15.8. The second kappa shape index (κ2) is 8.90. The van der Waals surface area contributed by atoms with E-state index in [0.717, 1.165) is 0 Å². The highest BCUT2D eigenvalue weighted by Gasteiger charge is 2.30. The lowest BCUT2D eigenvalue weighted by Crippen LogP contribution is -2.43. The fraction of sp³-hybridized carbons (Fsp3) is 0.579. The van der Waals surface area contributed by atoms with Gasteiger partial charge in [-0.2, -0.15) is 0 Å². The van der Waals surface area contributed by atoms with E-state index < -0.39 is 16.5 Å². The molecule has 0 saturated carbocycles. The first-order valence-electron chi connectivity index (χ1n) is 9.06. The lowest BCUT2D eigenvalue weighted by Gasteiger charge is -2.32. The zero-order valence-electron chi connectivity index (χ0n) is 16.6. The molecule has 1 aliphatic heterocycles. The molecule has 0 radical (unpaired) electrons. The fourth-order valence-corrected chi connectivity index (χ4v) is 2.88. The molecule has 1 aromatic rings. The highest BCUT2D eigenvalue weighted by Crippen LogP contribution is 2.26. The Labute approximate surface area is 163 Å². The standard InChI is InChI=1S/C19H26N2O7/c1-19(2,3)28-18(23)20-9-7-13(8-10-20)17(22)27-12-14-11-15(21(24)25)5-6-16(14)26-4/h5-6,11,13H,7-10,12H2,1-4H3. The molecule has 9 nitrogen and oxygen atoms in total. The number of amides is 1. The van der Waals surface area contributed by atoms with Crippen LogP contribution in [-0.2, 0) is 20.9 Å². The van der Waals surface area contributed by atoms with Gasteiger partial charge < -0.3 is 19.1 Å². The Hall–Kier alpha value is -2.84. The lowest BCUT2D eigenvalue weighted by molar-refractivity contribution is -0.385. The first-order chi connectivity index (χ1) is 13.1. The predicted molar refractivity (Wildman–Crippen MR) is 100.0 cm³/mol. The zero-order valence-corrected chi connectivity index (χ0v) is 16.6. The van der Waals surface area contributed by atoms with Gasteiger partial charge in [0, 0.05) is 30.8 Å². The Bertz CT molecular complexity index is 734. The van der Waals surface area contributed by atoms with Gasteiger partial charge in [0.2, 0.25) is 0 Å². The summed E-state index contributed by atoms with van der Waals surface area (Å²) >= 11 is 0. The van der Waals surface area contributed by atoms with Gasteiger partial charge in [-0.1, -0.05) is 0 Å². The first kappa shape index (κ1) is 21.5. The number of methoxy groups -OCH3 is 1. The molecule has 9 heteroatoms. The third-order valence-corrected chi connectivity index (χ3v) is 4.32. The van der Waals surface area contributed by atoms with Crippen molar-refractivity contribution in [3.63, 3.8) is 0 Å². The van der Waals surface area contributed by atoms with Crippen LogP contribution in [0.1, 0.15) is 39.2 Å². The number of benzene rings is 1. The van der Waals surface area contributed by atoms with Gasteiger partial charge in [0.15, 0.2) is 0 Å². The molecule has 1 fully saturated rings. The van der Waals surface area contributed by atoms with Gasteiger partial charge in [0.05, 0.1) is 18.0 Å². The summed E-state index contributed by atoms with van der Waals surface area (Å²) in [4.78, 5) is 36.4. The molecule has 1 amide bonds. The molecule has 2 rings (SSSR count). The molecule has 0 N–H and O–H groups in total. The van der Waals surface area contributed by atoms with Crippen LogP contribution in [0.25, 0.3) is 0 Å². The topological polar surface area (TPSA) is 108 Å². The molecule has 154 valence electrons. The van der Waals surface area contributed by atoms with Crippen LogP contribution in [0.4, 0.5) is 10.5 Å². The SMILES string of the molecule is COc1ccc([N+](=O)[O-])cc1COC(=O)C1CCN(C(=O)OC(C)(C)C)CC1. The van der Waals surface area contributed by atoms with E-state index in [-0.39, 0.29) is 24.3 Å². The van der Waals surface area contributed by atoms with Gasteiger partial charge in [0.25, 0.3) is 5.69 Å². The Morgan fingerprint density at radius 2 is 1.89 bits per heavy atom. The molecule has 1 aromatic carbocycles. The number of nitrogens with zero attached hydrogens (tertiary/aromatic N) is 2. The summed E-state index contributed by atoms with van der Waals surface area (Å²) in [6.45, 7) is 6.12. The average Bonchev–Trinajstić information content (AvgIpc) is 2.64. The van der Waals surface area contributed by atoms with Crippen LogP contribution < -0.4 is 4.74 Å². The minimum atomic E-state index is -0.565. The van der Waals surface area contributed by atoms with Crippen molar-refractivity contribution in [2.75, 3.05) is 20.2 Å². The summed E-state index contributed by atoms with van der Waals surface area (Å²) in [5.41, 5.74) is -0.238. The number of piperidine rings is 1. The van der Waals surface area contributed by atoms with E-state index in [1.807, 2.05) is 0 Å². The van der Waals surface area contributed by atoms with Gasteiger partial charge in [-0.15, -0.1) is 0 Å². The molecule has 28 heavy (non-hydrogen) atoms. The molecule has 1 aliphatic rings. The summed E-state index contributed by atoms with van der Waals surface area (Å²) in [5.74, 6) is -0.307. The van der Waals surface area contributed by atoms with Crippen molar-refractivity contribution in [3.05, 3.63) is 33.9 Å². The summed E-state index contributed by atoms with van der Waals surface area (Å²) in [6.07, 6.45) is 0.564. The number of nitro groups is 1. The fourth-order valence-electron chi connectivity index (χ4n) is 2.88. The van der Waals surface area contributed by atoms with Crippen LogP contribution in [0.2, 0.25) is 0 Å². The number of likely N-dealkylation sites (tertiary alicyclic amines) is 1. The van der Waals surface area contributed by atoms with Crippen molar-refractivity contribution in [2.24, 2.45) is 5.92 Å². The number of nitro benzene ring substituents is 1. The summed E-state index contributed by atoms with van der Waals surface area (Å²) in [6, 6.07) is 4.13. The molecular formula is C19H26N2O7. The third-order valence-electron chi connectivity index (χ3n) is 4.32. The molecular weight excluding hydrogens is 368 g/mol. The zero-order chi connectivity index (χ0) is 20.9. The number of esters is 1. The van der Waals surface area contributed by atoms with E-state index >= 15 is 0 Å². The predicted octanol–water partition coefficient (Wildman–Crippen LogP) is 3.29. The highest BCUT2D eigenvalue weighted by molar-refractivity contribution is 5.73. The van der Waals surface area contributed by atoms with Crippen molar-refractivity contribution < 1.29 is 28.7 Å². The van der Waals surface area contributed by atoms with Crippen molar-refractivity contribution in [1.29, 1.82) is 0 Å². The number of rotatable bonds is 5. The van der Waals surface area contributed by atoms with Crippen LogP contribution in [0.5, 0.6) is 5.75 Å². The molecule has 0 spiro atoms. The molecule has 0 bridgehead atoms. The molecule has 1 heterocycles. The van der Waals surface area contributed by atoms with E-state index in [2.05, 4.69) is 0 Å². The number of ether oxygens (including phenoxy) is 3. The summed E-state index contributed by atoms with van der Waals surface area (Å²) in [7, 11) is 1.44. The van der Waals surface area contributed by atoms with E-state index in [4.69, 9.17) is 14.2 Å². The maximum atomic E-state index is 12.4. The number of non-ortho nitro benzene ring substituents is 1. The number of carbonyl (C=O) groups excluding carboxylic acids is 2. The van der Waals surface area contributed by atoms with Crippen LogP contribution in [0, 0.1) is 16.0 Å². The normalized spacial score (nSPS) is 15.1. The van der Waals surface area contributed by atoms with Gasteiger partial charge >= 0.3 is 12.1 Å². The maximum absolute atomic E-state index is 12.4. The van der Waals surface area contributed by atoms with Crippen LogP contribution >= 0.6 is 0 Å². The molecule has 0 atom stereocenters. The van der Waals surface area contributed by atoms with Crippen molar-refractivity contribution in [2.45, 2.75) is 45.8 Å². The van der Waals surface area contributed by atoms with Crippen molar-refractivity contribution >= 4 is 17.7 Å². The van der Waals surface area contributed by atoms with E-state index in [1.165, 1.54) is 25.3 Å². The minimum absolute atomic E-state index is 0.0995. The molecule has 0 unspecified atom stereocenters. The van der Waals surface area contributed by atoms with Crippen LogP contribution in [0.15, 0.2) is 18.2 Å². The van der Waals surface area contributed by atoms with E-state index in [0.29, 0.717) is 37.2 Å². The van der Waals surface area contributed by atoms with Gasteiger partial charge in [-0.05, 0) is 39.7 Å². The second-order valence-corrected chi connectivity index (χ2v) is 7.60. The Morgan fingerprint density at radius 3 is 2.43 bits per heavy atom. The second-order valence-electron chi connectivity index (χ2n) is 7.60. The minimum Gasteiger partial charge on any atom is -0.496 e. The maximum Gasteiger partial charge on any atom is 0.410 e. The Kier molecular flexibility index (Phi) is 6.82. The molecule has 0 aliphatic carbocycles. The first-order valence-corrected chi connectivity index (χ1v) is 9.06. The van der Waals surface area contributed by atoms with Crippen LogP contribution in [-0.4, -0.2) is 47.7 Å². The lowest BCUT2D eigenvalue weighted by atomic mass is 9.97. The average molecular weight is 394 g/mol. The van der Waals surface area contributed by atoms with Gasteiger partial charge in [0.1, 0.15) is 18.0 Å².